The van der Waals surface area contributed by atoms with Gasteiger partial charge in [-0.2, -0.15) is 0 Å². The lowest BCUT2D eigenvalue weighted by Gasteiger charge is -2.04. The molecule has 0 saturated carbocycles. The molecule has 2 aromatic rings. The summed E-state index contributed by atoms with van der Waals surface area (Å²) in [5, 5.41) is 2.23. The Morgan fingerprint density at radius 3 is 2.47 bits per heavy atom. The van der Waals surface area contributed by atoms with E-state index in [-0.39, 0.29) is 6.04 Å². The molecule has 0 bridgehead atoms. The maximum Gasteiger partial charge on any atom is 0.477 e. The Morgan fingerprint density at radius 2 is 1.67 bits per heavy atom. The first-order valence-corrected chi connectivity index (χ1v) is 6.37. The second-order valence-corrected chi connectivity index (χ2v) is 4.65. The van der Waals surface area contributed by atoms with Crippen LogP contribution in [0.1, 0.15) is 5.56 Å². The van der Waals surface area contributed by atoms with Crippen LogP contribution in [0.3, 0.4) is 0 Å². The average Bonchev–Trinajstić information content (AvgIpc) is 2.26. The van der Waals surface area contributed by atoms with Crippen LogP contribution in [-0.4, -0.2) is 9.46 Å². The van der Waals surface area contributed by atoms with E-state index in [1.54, 1.807) is 0 Å². The highest BCUT2D eigenvalue weighted by Crippen LogP contribution is 2.20. The lowest BCUT2D eigenvalue weighted by Crippen LogP contribution is -1.98. The number of aryl methyl sites for hydroxylation is 1. The second kappa shape index (κ2) is 4.53. The van der Waals surface area contributed by atoms with Crippen molar-refractivity contribution in [2.45, 2.75) is 12.5 Å². The van der Waals surface area contributed by atoms with Crippen LogP contribution < -0.4 is 0 Å². The third-order valence-electron chi connectivity index (χ3n) is 2.46. The first-order chi connectivity index (χ1) is 7.27. The molecule has 3 heteroatoms. The molecule has 0 heterocycles. The van der Waals surface area contributed by atoms with Crippen LogP contribution in [0.2, 0.25) is 6.04 Å². The molecule has 2 aromatic carbocycles. The highest BCUT2D eigenvalue weighted by Gasteiger charge is 2.10. The summed E-state index contributed by atoms with van der Waals surface area (Å²) >= 11 is 0. The van der Waals surface area contributed by atoms with Crippen molar-refractivity contribution < 1.29 is 8.22 Å². The summed E-state index contributed by atoms with van der Waals surface area (Å²) < 4.78 is 24.4. The van der Waals surface area contributed by atoms with E-state index in [0.29, 0.717) is 6.42 Å². The summed E-state index contributed by atoms with van der Waals surface area (Å²) in [6, 6.07) is 13.8. The van der Waals surface area contributed by atoms with Gasteiger partial charge in [0.05, 0.1) is 0 Å². The number of fused-ring (bicyclic) bond motifs is 1. The van der Waals surface area contributed by atoms with E-state index in [9.17, 15) is 8.22 Å². The van der Waals surface area contributed by atoms with Crippen molar-refractivity contribution in [3.05, 3.63) is 48.0 Å². The molecule has 0 aliphatic carbocycles. The van der Waals surface area contributed by atoms with Crippen molar-refractivity contribution in [1.82, 2.24) is 0 Å². The average molecular weight is 221 g/mol. The Balaban J connectivity index is 2.34. The fourth-order valence-electron chi connectivity index (χ4n) is 1.74. The van der Waals surface area contributed by atoms with E-state index in [1.807, 2.05) is 42.5 Å². The maximum absolute atomic E-state index is 12.2. The first-order valence-electron chi connectivity index (χ1n) is 4.91. The normalized spacial score (nSPS) is 11.1. The SMILES string of the molecule is F[Si](F)CCc1cccc2ccccc12. The van der Waals surface area contributed by atoms with Crippen molar-refractivity contribution in [3.63, 3.8) is 0 Å². The summed E-state index contributed by atoms with van der Waals surface area (Å²) in [7, 11) is -3.10. The minimum Gasteiger partial charge on any atom is -0.268 e. The van der Waals surface area contributed by atoms with Gasteiger partial charge in [0.2, 0.25) is 0 Å². The van der Waals surface area contributed by atoms with E-state index in [0.717, 1.165) is 16.3 Å². The van der Waals surface area contributed by atoms with E-state index in [1.165, 1.54) is 0 Å². The number of benzene rings is 2. The molecule has 0 fully saturated rings. The van der Waals surface area contributed by atoms with Crippen molar-refractivity contribution >= 4 is 20.2 Å². The van der Waals surface area contributed by atoms with Crippen LogP contribution in [0.5, 0.6) is 0 Å². The lowest BCUT2D eigenvalue weighted by molar-refractivity contribution is 0.650. The van der Waals surface area contributed by atoms with Crippen LogP contribution in [0.25, 0.3) is 10.8 Å². The largest absolute Gasteiger partial charge is 0.477 e. The van der Waals surface area contributed by atoms with E-state index < -0.39 is 9.46 Å². The van der Waals surface area contributed by atoms with Crippen LogP contribution in [0, 0.1) is 0 Å². The van der Waals surface area contributed by atoms with Gasteiger partial charge in [-0.05, 0) is 22.8 Å². The summed E-state index contributed by atoms with van der Waals surface area (Å²) in [5.41, 5.74) is 1.03. The zero-order valence-corrected chi connectivity index (χ0v) is 9.21. The molecule has 0 nitrogen and oxygen atoms in total. The number of halogens is 2. The van der Waals surface area contributed by atoms with Gasteiger partial charge in [-0.15, -0.1) is 0 Å². The molecule has 0 amide bonds. The number of hydrogen-bond acceptors (Lipinski definition) is 0. The van der Waals surface area contributed by atoms with Crippen LogP contribution in [0.15, 0.2) is 42.5 Å². The Hall–Kier alpha value is -1.22. The van der Waals surface area contributed by atoms with Crippen molar-refractivity contribution in [3.8, 4) is 0 Å². The number of rotatable bonds is 3. The summed E-state index contributed by atoms with van der Waals surface area (Å²) in [6.45, 7) is 0. The van der Waals surface area contributed by atoms with Crippen LogP contribution in [0.4, 0.5) is 8.22 Å². The first kappa shape index (κ1) is 10.3. The summed E-state index contributed by atoms with van der Waals surface area (Å²) in [4.78, 5) is 0. The van der Waals surface area contributed by atoms with Crippen LogP contribution in [-0.2, 0) is 6.42 Å². The zero-order valence-electron chi connectivity index (χ0n) is 8.21. The molecule has 0 N–H and O–H groups in total. The molecule has 1 radical (unpaired) electrons. The third-order valence-corrected chi connectivity index (χ3v) is 3.09. The van der Waals surface area contributed by atoms with E-state index in [4.69, 9.17) is 0 Å². The minimum absolute atomic E-state index is 0.0404. The molecule has 0 unspecified atom stereocenters. The monoisotopic (exact) mass is 221 g/mol. The summed E-state index contributed by atoms with van der Waals surface area (Å²) in [5.74, 6) is 0. The number of hydrogen-bond donors (Lipinski definition) is 0. The molecular formula is C12H11F2Si. The molecule has 0 saturated heterocycles. The van der Waals surface area contributed by atoms with Crippen molar-refractivity contribution in [2.75, 3.05) is 0 Å². The van der Waals surface area contributed by atoms with Gasteiger partial charge in [0.1, 0.15) is 0 Å². The Labute approximate surface area is 89.5 Å². The summed E-state index contributed by atoms with van der Waals surface area (Å²) in [6.07, 6.45) is 0.489. The van der Waals surface area contributed by atoms with Gasteiger partial charge < -0.3 is 0 Å². The molecule has 0 aliphatic rings. The Morgan fingerprint density at radius 1 is 0.933 bits per heavy atom. The maximum atomic E-state index is 12.2. The highest BCUT2D eigenvalue weighted by molar-refractivity contribution is 6.42. The molecular weight excluding hydrogens is 210 g/mol. The topological polar surface area (TPSA) is 0 Å². The smallest absolute Gasteiger partial charge is 0.268 e. The second-order valence-electron chi connectivity index (χ2n) is 3.48. The molecule has 2 rings (SSSR count). The molecule has 15 heavy (non-hydrogen) atoms. The minimum atomic E-state index is -3.10. The molecule has 0 aromatic heterocycles. The molecule has 0 aliphatic heterocycles. The van der Waals surface area contributed by atoms with Gasteiger partial charge in [-0.1, -0.05) is 42.5 Å². The van der Waals surface area contributed by atoms with Crippen molar-refractivity contribution in [2.24, 2.45) is 0 Å². The van der Waals surface area contributed by atoms with Gasteiger partial charge in [-0.3, -0.25) is 8.22 Å². The van der Waals surface area contributed by atoms with Crippen LogP contribution >= 0.6 is 0 Å². The predicted molar refractivity (Wildman–Crippen MR) is 60.4 cm³/mol. The predicted octanol–water partition coefficient (Wildman–Crippen LogP) is 3.81. The van der Waals surface area contributed by atoms with Gasteiger partial charge in [0.25, 0.3) is 0 Å². The fourth-order valence-corrected chi connectivity index (χ4v) is 2.20. The Kier molecular flexibility index (Phi) is 3.11. The highest BCUT2D eigenvalue weighted by atomic mass is 28.4. The molecule has 0 atom stereocenters. The standard InChI is InChI=1S/C12H11F2Si/c13-15(14)9-8-11-6-3-5-10-4-1-2-7-12(10)11/h1-7H,8-9H2. The Bertz CT molecular complexity index is 449. The van der Waals surface area contributed by atoms with Gasteiger partial charge in [0.15, 0.2) is 0 Å². The van der Waals surface area contributed by atoms with Gasteiger partial charge >= 0.3 is 9.46 Å². The van der Waals surface area contributed by atoms with Gasteiger partial charge in [-0.25, -0.2) is 0 Å². The van der Waals surface area contributed by atoms with Crippen molar-refractivity contribution in [1.29, 1.82) is 0 Å². The fraction of sp³-hybridized carbons (Fsp3) is 0.167. The van der Waals surface area contributed by atoms with E-state index in [2.05, 4.69) is 0 Å². The van der Waals surface area contributed by atoms with Gasteiger partial charge in [0, 0.05) is 6.04 Å². The molecule has 77 valence electrons. The lowest BCUT2D eigenvalue weighted by atomic mass is 10.0. The quantitative estimate of drug-likeness (QED) is 0.546. The van der Waals surface area contributed by atoms with E-state index >= 15 is 0 Å². The zero-order chi connectivity index (χ0) is 10.7. The molecule has 0 spiro atoms. The third kappa shape index (κ3) is 2.42.